The van der Waals surface area contributed by atoms with Crippen LogP contribution in [0.3, 0.4) is 0 Å². The van der Waals surface area contributed by atoms with Crippen LogP contribution in [0.25, 0.3) is 0 Å². The first kappa shape index (κ1) is 9.90. The van der Waals surface area contributed by atoms with Gasteiger partial charge in [-0.05, 0) is 19.1 Å². The van der Waals surface area contributed by atoms with E-state index in [9.17, 15) is 0 Å². The maximum absolute atomic E-state index is 4.25. The molecule has 4 heteroatoms. The average molecular weight is 211 g/mol. The number of thioether (sulfide) groups is 1. The van der Waals surface area contributed by atoms with Crippen LogP contribution in [-0.2, 0) is 7.05 Å². The van der Waals surface area contributed by atoms with Gasteiger partial charge in [-0.2, -0.15) is 11.8 Å². The van der Waals surface area contributed by atoms with Crippen LogP contribution in [0.1, 0.15) is 19.3 Å². The van der Waals surface area contributed by atoms with Crippen molar-refractivity contribution in [3.05, 3.63) is 12.4 Å². The Bertz CT molecular complexity index is 299. The fourth-order valence-corrected chi connectivity index (χ4v) is 2.71. The lowest BCUT2D eigenvalue weighted by Crippen LogP contribution is -2.40. The Labute approximate surface area is 89.3 Å². The van der Waals surface area contributed by atoms with Crippen molar-refractivity contribution in [3.8, 4) is 0 Å². The highest BCUT2D eigenvalue weighted by Crippen LogP contribution is 2.42. The highest BCUT2D eigenvalue weighted by molar-refractivity contribution is 8.00. The normalized spacial score (nSPS) is 19.0. The van der Waals surface area contributed by atoms with E-state index in [1.807, 2.05) is 35.8 Å². The highest BCUT2D eigenvalue weighted by atomic mass is 32.2. The second-order valence-electron chi connectivity index (χ2n) is 3.96. The van der Waals surface area contributed by atoms with Crippen molar-refractivity contribution >= 4 is 17.7 Å². The van der Waals surface area contributed by atoms with E-state index in [0.717, 1.165) is 12.5 Å². The molecule has 1 N–H and O–H groups in total. The molecule has 1 heterocycles. The van der Waals surface area contributed by atoms with Gasteiger partial charge in [-0.15, -0.1) is 0 Å². The molecule has 3 nitrogen and oxygen atoms in total. The summed E-state index contributed by atoms with van der Waals surface area (Å²) in [6, 6.07) is 0. The molecular formula is C10H17N3S. The predicted molar refractivity (Wildman–Crippen MR) is 61.8 cm³/mol. The van der Waals surface area contributed by atoms with Crippen LogP contribution < -0.4 is 5.32 Å². The molecule has 78 valence electrons. The van der Waals surface area contributed by atoms with E-state index in [0.29, 0.717) is 4.75 Å². The second-order valence-corrected chi connectivity index (χ2v) is 5.23. The van der Waals surface area contributed by atoms with Crippen molar-refractivity contribution in [3.63, 3.8) is 0 Å². The zero-order valence-corrected chi connectivity index (χ0v) is 9.60. The summed E-state index contributed by atoms with van der Waals surface area (Å²) >= 11 is 1.99. The molecule has 0 radical (unpaired) electrons. The van der Waals surface area contributed by atoms with Gasteiger partial charge in [-0.25, -0.2) is 4.98 Å². The van der Waals surface area contributed by atoms with E-state index in [2.05, 4.69) is 16.6 Å². The van der Waals surface area contributed by atoms with E-state index in [1.165, 1.54) is 19.3 Å². The Morgan fingerprint density at radius 1 is 1.64 bits per heavy atom. The van der Waals surface area contributed by atoms with Gasteiger partial charge < -0.3 is 9.88 Å². The maximum atomic E-state index is 4.25. The summed E-state index contributed by atoms with van der Waals surface area (Å²) in [5.41, 5.74) is 0. The van der Waals surface area contributed by atoms with Crippen molar-refractivity contribution in [1.29, 1.82) is 0 Å². The van der Waals surface area contributed by atoms with Gasteiger partial charge in [-0.1, -0.05) is 6.42 Å². The van der Waals surface area contributed by atoms with Crippen LogP contribution in [0.4, 0.5) is 5.95 Å². The Morgan fingerprint density at radius 3 is 2.86 bits per heavy atom. The van der Waals surface area contributed by atoms with Gasteiger partial charge in [0.05, 0.1) is 0 Å². The Balaban J connectivity index is 1.90. The minimum Gasteiger partial charge on any atom is -0.354 e. The van der Waals surface area contributed by atoms with Gasteiger partial charge in [0, 0.05) is 30.7 Å². The van der Waals surface area contributed by atoms with Crippen LogP contribution in [-0.4, -0.2) is 27.1 Å². The molecule has 0 spiro atoms. The molecule has 1 fully saturated rings. The summed E-state index contributed by atoms with van der Waals surface area (Å²) in [5, 5.41) is 3.42. The molecule has 0 unspecified atom stereocenters. The quantitative estimate of drug-likeness (QED) is 0.827. The molecule has 0 bridgehead atoms. The minimum atomic E-state index is 0.478. The summed E-state index contributed by atoms with van der Waals surface area (Å²) in [5.74, 6) is 0.977. The van der Waals surface area contributed by atoms with E-state index in [4.69, 9.17) is 0 Å². The van der Waals surface area contributed by atoms with Crippen LogP contribution in [0, 0.1) is 0 Å². The molecule has 1 saturated carbocycles. The fraction of sp³-hybridized carbons (Fsp3) is 0.700. The van der Waals surface area contributed by atoms with Gasteiger partial charge in [0.25, 0.3) is 0 Å². The average Bonchev–Trinajstić information content (AvgIpc) is 2.51. The highest BCUT2D eigenvalue weighted by Gasteiger charge is 2.35. The number of hydrogen-bond donors (Lipinski definition) is 1. The lowest BCUT2D eigenvalue weighted by Gasteiger charge is -2.40. The number of rotatable bonds is 4. The van der Waals surface area contributed by atoms with Crippen LogP contribution in [0.15, 0.2) is 12.4 Å². The van der Waals surface area contributed by atoms with Crippen LogP contribution >= 0.6 is 11.8 Å². The molecule has 0 saturated heterocycles. The fourth-order valence-electron chi connectivity index (χ4n) is 1.80. The molecule has 0 aromatic carbocycles. The summed E-state index contributed by atoms with van der Waals surface area (Å²) < 4.78 is 2.50. The molecule has 14 heavy (non-hydrogen) atoms. The van der Waals surface area contributed by atoms with E-state index in [-0.39, 0.29) is 0 Å². The number of aromatic nitrogens is 2. The van der Waals surface area contributed by atoms with Gasteiger partial charge in [0.1, 0.15) is 0 Å². The van der Waals surface area contributed by atoms with E-state index in [1.54, 1.807) is 0 Å². The standard InChI is InChI=1S/C10H17N3S/c1-13-7-6-11-9(13)12-8-10(14-2)4-3-5-10/h6-7H,3-5,8H2,1-2H3,(H,11,12). The summed E-state index contributed by atoms with van der Waals surface area (Å²) in [7, 11) is 2.02. The molecule has 1 aliphatic rings. The SMILES string of the molecule is CSC1(CNc2nccn2C)CCC1. The molecule has 1 aliphatic carbocycles. The molecule has 1 aromatic rings. The summed E-state index contributed by atoms with van der Waals surface area (Å²) in [6.45, 7) is 1.04. The van der Waals surface area contributed by atoms with Gasteiger partial charge in [0.15, 0.2) is 0 Å². The molecule has 0 amide bonds. The predicted octanol–water partition coefficient (Wildman–Crippen LogP) is 2.12. The summed E-state index contributed by atoms with van der Waals surface area (Å²) in [4.78, 5) is 4.25. The molecular weight excluding hydrogens is 194 g/mol. The van der Waals surface area contributed by atoms with Gasteiger partial charge in [0.2, 0.25) is 5.95 Å². The molecule has 0 atom stereocenters. The molecule has 0 aliphatic heterocycles. The van der Waals surface area contributed by atoms with Gasteiger partial charge in [-0.3, -0.25) is 0 Å². The zero-order valence-electron chi connectivity index (χ0n) is 8.79. The van der Waals surface area contributed by atoms with Crippen molar-refractivity contribution in [2.24, 2.45) is 7.05 Å². The maximum Gasteiger partial charge on any atom is 0.202 e. The van der Waals surface area contributed by atoms with E-state index >= 15 is 0 Å². The third-order valence-electron chi connectivity index (χ3n) is 3.09. The van der Waals surface area contributed by atoms with Crippen molar-refractivity contribution in [1.82, 2.24) is 9.55 Å². The van der Waals surface area contributed by atoms with Crippen molar-refractivity contribution in [2.45, 2.75) is 24.0 Å². The molecule has 2 rings (SSSR count). The minimum absolute atomic E-state index is 0.478. The monoisotopic (exact) mass is 211 g/mol. The Hall–Kier alpha value is -0.640. The summed E-state index contributed by atoms with van der Waals surface area (Å²) in [6.07, 6.45) is 10.1. The number of imidazole rings is 1. The number of nitrogens with one attached hydrogen (secondary N) is 1. The smallest absolute Gasteiger partial charge is 0.202 e. The number of aryl methyl sites for hydroxylation is 1. The Kier molecular flexibility index (Phi) is 2.72. The largest absolute Gasteiger partial charge is 0.354 e. The second kappa shape index (κ2) is 3.85. The first-order valence-corrected chi connectivity index (χ1v) is 6.25. The van der Waals surface area contributed by atoms with Crippen LogP contribution in [0.5, 0.6) is 0 Å². The number of nitrogens with zero attached hydrogens (tertiary/aromatic N) is 2. The van der Waals surface area contributed by atoms with Crippen molar-refractivity contribution < 1.29 is 0 Å². The number of anilines is 1. The van der Waals surface area contributed by atoms with Crippen LogP contribution in [0.2, 0.25) is 0 Å². The van der Waals surface area contributed by atoms with E-state index < -0.39 is 0 Å². The first-order valence-electron chi connectivity index (χ1n) is 5.02. The third kappa shape index (κ3) is 1.75. The lowest BCUT2D eigenvalue weighted by molar-refractivity contribution is 0.379. The zero-order chi connectivity index (χ0) is 10.0. The lowest BCUT2D eigenvalue weighted by atomic mass is 9.84. The van der Waals surface area contributed by atoms with Gasteiger partial charge >= 0.3 is 0 Å². The third-order valence-corrected chi connectivity index (χ3v) is 4.51. The topological polar surface area (TPSA) is 29.9 Å². The first-order chi connectivity index (χ1) is 6.76. The number of hydrogen-bond acceptors (Lipinski definition) is 3. The Morgan fingerprint density at radius 2 is 2.43 bits per heavy atom. The molecule has 1 aromatic heterocycles. The van der Waals surface area contributed by atoms with Crippen molar-refractivity contribution in [2.75, 3.05) is 18.1 Å².